The Balaban J connectivity index is 2.34. The van der Waals surface area contributed by atoms with Crippen LogP contribution in [0.4, 0.5) is 0 Å². The fourth-order valence-electron chi connectivity index (χ4n) is 1.61. The minimum atomic E-state index is -0.201. The second kappa shape index (κ2) is 7.20. The summed E-state index contributed by atoms with van der Waals surface area (Å²) in [5.74, 6) is -0.138. The molecule has 0 atom stereocenters. The van der Waals surface area contributed by atoms with E-state index in [4.69, 9.17) is 0 Å². The van der Waals surface area contributed by atoms with E-state index in [1.165, 1.54) is 0 Å². The molecule has 1 rings (SSSR count). The van der Waals surface area contributed by atoms with Gasteiger partial charge in [-0.3, -0.25) is 9.59 Å². The van der Waals surface area contributed by atoms with Crippen LogP contribution in [-0.2, 0) is 4.79 Å². The molecule has 0 aliphatic heterocycles. The lowest BCUT2D eigenvalue weighted by atomic mass is 10.3. The first kappa shape index (κ1) is 14.8. The molecular formula is C12H18BrN3O2. The van der Waals surface area contributed by atoms with E-state index in [0.29, 0.717) is 31.7 Å². The highest BCUT2D eigenvalue weighted by Crippen LogP contribution is 2.10. The molecule has 0 aromatic carbocycles. The van der Waals surface area contributed by atoms with Crippen molar-refractivity contribution in [3.8, 4) is 0 Å². The Kier molecular flexibility index (Phi) is 5.91. The van der Waals surface area contributed by atoms with E-state index in [-0.39, 0.29) is 11.8 Å². The van der Waals surface area contributed by atoms with Crippen molar-refractivity contribution in [1.29, 1.82) is 0 Å². The fraction of sp³-hybridized carbons (Fsp3) is 0.500. The van der Waals surface area contributed by atoms with Gasteiger partial charge in [-0.1, -0.05) is 0 Å². The van der Waals surface area contributed by atoms with Crippen LogP contribution in [0.5, 0.6) is 0 Å². The molecule has 0 aliphatic carbocycles. The summed E-state index contributed by atoms with van der Waals surface area (Å²) in [5.41, 5.74) is 0.483. The summed E-state index contributed by atoms with van der Waals surface area (Å²) in [5, 5.41) is 2.71. The summed E-state index contributed by atoms with van der Waals surface area (Å²) in [4.78, 5) is 27.9. The predicted molar refractivity (Wildman–Crippen MR) is 73.4 cm³/mol. The molecule has 0 unspecified atom stereocenters. The molecule has 6 heteroatoms. The van der Waals surface area contributed by atoms with Crippen LogP contribution in [0.25, 0.3) is 0 Å². The molecule has 2 amide bonds. The normalized spacial score (nSPS) is 10.2. The minimum Gasteiger partial charge on any atom is -0.356 e. The van der Waals surface area contributed by atoms with E-state index >= 15 is 0 Å². The van der Waals surface area contributed by atoms with E-state index in [2.05, 4.69) is 26.2 Å². The number of aromatic amines is 1. The Morgan fingerprint density at radius 2 is 2.06 bits per heavy atom. The highest BCUT2D eigenvalue weighted by molar-refractivity contribution is 9.10. The van der Waals surface area contributed by atoms with Crippen molar-refractivity contribution in [3.63, 3.8) is 0 Å². The molecule has 18 heavy (non-hydrogen) atoms. The number of nitrogens with zero attached hydrogens (tertiary/aromatic N) is 1. The van der Waals surface area contributed by atoms with Crippen molar-refractivity contribution in [3.05, 3.63) is 22.4 Å². The Labute approximate surface area is 115 Å². The van der Waals surface area contributed by atoms with Crippen LogP contribution in [0.2, 0.25) is 0 Å². The zero-order valence-corrected chi connectivity index (χ0v) is 12.2. The van der Waals surface area contributed by atoms with Gasteiger partial charge < -0.3 is 15.2 Å². The molecule has 2 N–H and O–H groups in total. The summed E-state index contributed by atoms with van der Waals surface area (Å²) in [6, 6.07) is 1.70. The van der Waals surface area contributed by atoms with Crippen molar-refractivity contribution in [2.24, 2.45) is 0 Å². The smallest absolute Gasteiger partial charge is 0.267 e. The number of rotatable bonds is 6. The molecule has 1 aromatic rings. The molecule has 0 spiro atoms. The zero-order chi connectivity index (χ0) is 13.5. The molecule has 0 radical (unpaired) electrons. The molecule has 0 saturated carbocycles. The van der Waals surface area contributed by atoms with Crippen LogP contribution in [0, 0.1) is 0 Å². The van der Waals surface area contributed by atoms with Gasteiger partial charge in [-0.2, -0.15) is 0 Å². The maximum atomic E-state index is 11.7. The van der Waals surface area contributed by atoms with Gasteiger partial charge in [0.2, 0.25) is 5.91 Å². The van der Waals surface area contributed by atoms with E-state index in [0.717, 1.165) is 4.47 Å². The average molecular weight is 316 g/mol. The van der Waals surface area contributed by atoms with Crippen molar-refractivity contribution in [2.75, 3.05) is 19.6 Å². The van der Waals surface area contributed by atoms with Crippen molar-refractivity contribution >= 4 is 27.7 Å². The number of H-pyrrole nitrogens is 1. The van der Waals surface area contributed by atoms with Gasteiger partial charge in [0.05, 0.1) is 0 Å². The second-order valence-corrected chi connectivity index (χ2v) is 4.72. The van der Waals surface area contributed by atoms with E-state index in [9.17, 15) is 9.59 Å². The first-order chi connectivity index (χ1) is 8.58. The molecule has 1 aromatic heterocycles. The number of carbonyl (C=O) groups excluding carboxylic acids is 2. The molecule has 0 saturated heterocycles. The summed E-state index contributed by atoms with van der Waals surface area (Å²) >= 11 is 3.26. The van der Waals surface area contributed by atoms with Gasteiger partial charge in [0.25, 0.3) is 5.91 Å². The lowest BCUT2D eigenvalue weighted by Gasteiger charge is -2.18. The van der Waals surface area contributed by atoms with Gasteiger partial charge in [0.1, 0.15) is 5.69 Å². The first-order valence-corrected chi connectivity index (χ1v) is 6.77. The Hall–Kier alpha value is -1.30. The number of amides is 2. The van der Waals surface area contributed by atoms with Crippen molar-refractivity contribution < 1.29 is 9.59 Å². The highest BCUT2D eigenvalue weighted by atomic mass is 79.9. The molecule has 0 fully saturated rings. The summed E-state index contributed by atoms with van der Waals surface area (Å²) in [6.07, 6.45) is 2.02. The number of carbonyl (C=O) groups is 2. The molecule has 1 heterocycles. The van der Waals surface area contributed by atoms with Gasteiger partial charge in [-0.15, -0.1) is 0 Å². The SMILES string of the molecule is CCN(CC)C(=O)CCNC(=O)c1cc(Br)c[nH]1. The quantitative estimate of drug-likeness (QED) is 0.840. The van der Waals surface area contributed by atoms with E-state index < -0.39 is 0 Å². The summed E-state index contributed by atoms with van der Waals surface area (Å²) in [7, 11) is 0. The van der Waals surface area contributed by atoms with Crippen molar-refractivity contribution in [2.45, 2.75) is 20.3 Å². The number of halogens is 1. The Bertz CT molecular complexity index is 413. The zero-order valence-electron chi connectivity index (χ0n) is 10.6. The maximum absolute atomic E-state index is 11.7. The van der Waals surface area contributed by atoms with Gasteiger partial charge in [-0.25, -0.2) is 0 Å². The van der Waals surface area contributed by atoms with Crippen LogP contribution in [0.3, 0.4) is 0 Å². The van der Waals surface area contributed by atoms with Crippen LogP contribution in [-0.4, -0.2) is 41.3 Å². The predicted octanol–water partition coefficient (Wildman–Crippen LogP) is 1.77. The third kappa shape index (κ3) is 4.18. The van der Waals surface area contributed by atoms with Crippen LogP contribution in [0.15, 0.2) is 16.7 Å². The maximum Gasteiger partial charge on any atom is 0.267 e. The van der Waals surface area contributed by atoms with Gasteiger partial charge in [-0.05, 0) is 35.8 Å². The Morgan fingerprint density at radius 3 is 2.56 bits per heavy atom. The molecule has 100 valence electrons. The van der Waals surface area contributed by atoms with Gasteiger partial charge in [0.15, 0.2) is 0 Å². The fourth-order valence-corrected chi connectivity index (χ4v) is 1.96. The standard InChI is InChI=1S/C12H18BrN3O2/c1-3-16(4-2)11(17)5-6-14-12(18)10-7-9(13)8-15-10/h7-8,15H,3-6H2,1-2H3,(H,14,18). The third-order valence-electron chi connectivity index (χ3n) is 2.63. The first-order valence-electron chi connectivity index (χ1n) is 5.98. The van der Waals surface area contributed by atoms with Crippen LogP contribution >= 0.6 is 15.9 Å². The van der Waals surface area contributed by atoms with E-state index in [1.54, 1.807) is 17.2 Å². The largest absolute Gasteiger partial charge is 0.356 e. The minimum absolute atomic E-state index is 0.0629. The van der Waals surface area contributed by atoms with Gasteiger partial charge in [0, 0.05) is 36.7 Å². The number of hydrogen-bond acceptors (Lipinski definition) is 2. The van der Waals surface area contributed by atoms with Crippen LogP contribution < -0.4 is 5.32 Å². The number of nitrogens with one attached hydrogen (secondary N) is 2. The molecular weight excluding hydrogens is 298 g/mol. The molecule has 0 bridgehead atoms. The topological polar surface area (TPSA) is 65.2 Å². The molecule has 0 aliphatic rings. The molecule has 5 nitrogen and oxygen atoms in total. The number of hydrogen-bond donors (Lipinski definition) is 2. The summed E-state index contributed by atoms with van der Waals surface area (Å²) < 4.78 is 0.826. The van der Waals surface area contributed by atoms with E-state index in [1.807, 2.05) is 13.8 Å². The average Bonchev–Trinajstić information content (AvgIpc) is 2.77. The second-order valence-electron chi connectivity index (χ2n) is 3.80. The third-order valence-corrected chi connectivity index (χ3v) is 3.09. The Morgan fingerprint density at radius 1 is 1.39 bits per heavy atom. The summed E-state index contributed by atoms with van der Waals surface area (Å²) in [6.45, 7) is 5.64. The lowest BCUT2D eigenvalue weighted by Crippen LogP contribution is -2.34. The highest BCUT2D eigenvalue weighted by Gasteiger charge is 2.11. The number of aromatic nitrogens is 1. The lowest BCUT2D eigenvalue weighted by molar-refractivity contribution is -0.130. The van der Waals surface area contributed by atoms with Crippen molar-refractivity contribution in [1.82, 2.24) is 15.2 Å². The van der Waals surface area contributed by atoms with Crippen LogP contribution in [0.1, 0.15) is 30.8 Å². The van der Waals surface area contributed by atoms with Gasteiger partial charge >= 0.3 is 0 Å². The monoisotopic (exact) mass is 315 g/mol.